The molecule has 0 fully saturated rings. The first kappa shape index (κ1) is 8.97. The fraction of sp³-hybridized carbons (Fsp3) is 1.00. The van der Waals surface area contributed by atoms with Crippen LogP contribution in [0.2, 0.25) is 0 Å². The van der Waals surface area contributed by atoms with Crippen LogP contribution in [0, 0.1) is 0 Å². The molecule has 0 aliphatic heterocycles. The Morgan fingerprint density at radius 2 is 1.62 bits per heavy atom. The Labute approximate surface area is 64.8 Å². The van der Waals surface area contributed by atoms with Crippen LogP contribution in [0.25, 0.3) is 0 Å². The molecule has 0 saturated carbocycles. The van der Waals surface area contributed by atoms with E-state index in [0.29, 0.717) is 0 Å². The third-order valence-corrected chi connectivity index (χ3v) is 3.27. The summed E-state index contributed by atoms with van der Waals surface area (Å²) in [5, 5.41) is 0. The van der Waals surface area contributed by atoms with Crippen LogP contribution in [-0.4, -0.2) is 15.5 Å². The van der Waals surface area contributed by atoms with Gasteiger partial charge in [0, 0.05) is 0 Å². The van der Waals surface area contributed by atoms with Crippen LogP contribution in [0.15, 0.2) is 0 Å². The fourth-order valence-corrected chi connectivity index (χ4v) is 0. The van der Waals surface area contributed by atoms with Crippen molar-refractivity contribution >= 4 is 49.2 Å². The number of alkyl halides is 3. The average molecular weight is 244 g/mol. The van der Waals surface area contributed by atoms with E-state index < -0.39 is 12.7 Å². The van der Waals surface area contributed by atoms with E-state index in [9.17, 15) is 8.42 Å². The molecule has 0 rings (SSSR count). The minimum Gasteiger partial charge on any atom is -0.283 e. The van der Waals surface area contributed by atoms with Gasteiger partial charge < -0.3 is 0 Å². The van der Waals surface area contributed by atoms with Crippen molar-refractivity contribution in [2.24, 2.45) is 0 Å². The molecule has 8 heavy (non-hydrogen) atoms. The molecule has 0 aromatic rings. The summed E-state index contributed by atoms with van der Waals surface area (Å²) in [5.41, 5.74) is 0. The molecule has 0 spiro atoms. The molecular formula is CHBrCl2O3S. The zero-order valence-corrected chi connectivity index (χ0v) is 7.22. The summed E-state index contributed by atoms with van der Waals surface area (Å²) in [6.45, 7) is 0. The topological polar surface area (TPSA) is 54.4 Å². The van der Waals surface area contributed by atoms with Crippen LogP contribution >= 0.6 is 39.1 Å². The van der Waals surface area contributed by atoms with E-state index >= 15 is 0 Å². The molecule has 0 aliphatic carbocycles. The van der Waals surface area contributed by atoms with Gasteiger partial charge in [-0.25, -0.2) is 0 Å². The van der Waals surface area contributed by atoms with Crippen LogP contribution < -0.4 is 0 Å². The number of hydrogen-bond donors (Lipinski definition) is 1. The van der Waals surface area contributed by atoms with Gasteiger partial charge in [-0.15, -0.1) is 0 Å². The molecule has 0 unspecified atom stereocenters. The van der Waals surface area contributed by atoms with Crippen molar-refractivity contribution in [3.63, 3.8) is 0 Å². The van der Waals surface area contributed by atoms with E-state index in [1.54, 1.807) is 0 Å². The zero-order chi connectivity index (χ0) is 7.00. The number of rotatable bonds is 1. The van der Waals surface area contributed by atoms with Gasteiger partial charge in [-0.2, -0.15) is 8.42 Å². The van der Waals surface area contributed by atoms with E-state index in [4.69, 9.17) is 27.8 Å². The highest BCUT2D eigenvalue weighted by Crippen LogP contribution is 2.33. The summed E-state index contributed by atoms with van der Waals surface area (Å²) in [5.74, 6) is 0. The molecule has 1 N–H and O–H groups in total. The highest BCUT2D eigenvalue weighted by molar-refractivity contribution is 9.12. The molecular weight excluding hydrogens is 243 g/mol. The van der Waals surface area contributed by atoms with Crippen molar-refractivity contribution in [2.75, 3.05) is 0 Å². The zero-order valence-electron chi connectivity index (χ0n) is 3.31. The van der Waals surface area contributed by atoms with E-state index in [0.717, 1.165) is 0 Å². The Bertz CT molecular complexity index is 166. The van der Waals surface area contributed by atoms with Crippen molar-refractivity contribution in [1.29, 1.82) is 0 Å². The number of halogens is 3. The normalized spacial score (nSPS) is 14.0. The SMILES string of the molecule is O=S(=O)(O)C(Cl)(Cl)Br. The third kappa shape index (κ3) is 2.50. The first-order valence-corrected chi connectivity index (χ1v) is 4.28. The summed E-state index contributed by atoms with van der Waals surface area (Å²) in [7, 11) is -4.39. The largest absolute Gasteiger partial charge is 0.310 e. The second-order valence-corrected chi connectivity index (χ2v) is 6.89. The predicted molar refractivity (Wildman–Crippen MR) is 34.9 cm³/mol. The van der Waals surface area contributed by atoms with Crippen LogP contribution in [0.4, 0.5) is 0 Å². The summed E-state index contributed by atoms with van der Waals surface area (Å²) >= 11 is 12.0. The molecule has 7 heteroatoms. The minimum atomic E-state index is -4.39. The highest BCUT2D eigenvalue weighted by atomic mass is 79.9. The Kier molecular flexibility index (Phi) is 2.58. The third-order valence-electron chi connectivity index (χ3n) is 0.292. The van der Waals surface area contributed by atoms with Gasteiger partial charge in [0.2, 0.25) is 0 Å². The predicted octanol–water partition coefficient (Wildman–Crippen LogP) is 1.36. The lowest BCUT2D eigenvalue weighted by molar-refractivity contribution is 0.484. The summed E-state index contributed by atoms with van der Waals surface area (Å²) in [4.78, 5) is 0. The smallest absolute Gasteiger partial charge is 0.283 e. The maximum Gasteiger partial charge on any atom is 0.310 e. The van der Waals surface area contributed by atoms with Crippen molar-refractivity contribution in [3.05, 3.63) is 0 Å². The molecule has 50 valence electrons. The first-order valence-electron chi connectivity index (χ1n) is 1.29. The van der Waals surface area contributed by atoms with Gasteiger partial charge in [0.1, 0.15) is 0 Å². The molecule has 0 amide bonds. The molecule has 0 heterocycles. The van der Waals surface area contributed by atoms with Crippen molar-refractivity contribution < 1.29 is 13.0 Å². The van der Waals surface area contributed by atoms with Crippen LogP contribution in [0.3, 0.4) is 0 Å². The Balaban J connectivity index is 4.53. The Morgan fingerprint density at radius 1 is 1.50 bits per heavy atom. The van der Waals surface area contributed by atoms with Gasteiger partial charge in [-0.05, 0) is 15.9 Å². The van der Waals surface area contributed by atoms with Gasteiger partial charge in [-0.1, -0.05) is 23.2 Å². The maximum atomic E-state index is 9.90. The molecule has 0 bridgehead atoms. The van der Waals surface area contributed by atoms with E-state index in [1.165, 1.54) is 0 Å². The lowest BCUT2D eigenvalue weighted by atomic mass is 11.9. The lowest BCUT2D eigenvalue weighted by Gasteiger charge is -2.03. The molecule has 0 aliphatic rings. The Hall–Kier alpha value is 0.970. The van der Waals surface area contributed by atoms with Crippen LogP contribution in [0.5, 0.6) is 0 Å². The highest BCUT2D eigenvalue weighted by Gasteiger charge is 2.35. The lowest BCUT2D eigenvalue weighted by Crippen LogP contribution is -2.16. The van der Waals surface area contributed by atoms with Crippen molar-refractivity contribution in [3.8, 4) is 0 Å². The molecule has 0 atom stereocenters. The van der Waals surface area contributed by atoms with Crippen LogP contribution in [-0.2, 0) is 10.1 Å². The van der Waals surface area contributed by atoms with Crippen LogP contribution in [0.1, 0.15) is 0 Å². The summed E-state index contributed by atoms with van der Waals surface area (Å²) < 4.78 is 25.5. The number of hydrogen-bond acceptors (Lipinski definition) is 2. The van der Waals surface area contributed by atoms with Gasteiger partial charge in [-0.3, -0.25) is 4.55 Å². The van der Waals surface area contributed by atoms with Crippen molar-refractivity contribution in [1.82, 2.24) is 0 Å². The Morgan fingerprint density at radius 3 is 1.62 bits per heavy atom. The quantitative estimate of drug-likeness (QED) is 0.559. The van der Waals surface area contributed by atoms with Gasteiger partial charge in [0.05, 0.1) is 0 Å². The molecule has 0 aromatic carbocycles. The maximum absolute atomic E-state index is 9.90. The standard InChI is InChI=1S/CHBrCl2O3S/c2-1(3,4)8(5,6)7/h(H,5,6,7). The van der Waals surface area contributed by atoms with E-state index in [-0.39, 0.29) is 0 Å². The van der Waals surface area contributed by atoms with Gasteiger partial charge in [0.15, 0.2) is 0 Å². The van der Waals surface area contributed by atoms with E-state index in [2.05, 4.69) is 15.9 Å². The molecule has 0 aromatic heterocycles. The minimum absolute atomic E-state index is 2.28. The fourth-order valence-electron chi connectivity index (χ4n) is 0. The van der Waals surface area contributed by atoms with Gasteiger partial charge >= 0.3 is 10.1 Å². The van der Waals surface area contributed by atoms with E-state index in [1.807, 2.05) is 0 Å². The average Bonchev–Trinajstić information content (AvgIpc) is 1.25. The monoisotopic (exact) mass is 242 g/mol. The second-order valence-electron chi connectivity index (χ2n) is 0.921. The first-order chi connectivity index (χ1) is 3.25. The summed E-state index contributed by atoms with van der Waals surface area (Å²) in [6.07, 6.45) is 0. The molecule has 0 saturated heterocycles. The second kappa shape index (κ2) is 2.30. The molecule has 0 radical (unpaired) electrons. The molecule has 3 nitrogen and oxygen atoms in total. The van der Waals surface area contributed by atoms with Crippen molar-refractivity contribution in [2.45, 2.75) is 2.57 Å². The van der Waals surface area contributed by atoms with Gasteiger partial charge in [0.25, 0.3) is 2.57 Å². The summed E-state index contributed by atoms with van der Waals surface area (Å²) in [6, 6.07) is 0.